The highest BCUT2D eigenvalue weighted by atomic mass is 15.6. The number of benzene rings is 1. The molecule has 4 aromatic rings. The van der Waals surface area contributed by atoms with Crippen molar-refractivity contribution in [3.05, 3.63) is 42.2 Å². The van der Waals surface area contributed by atoms with E-state index >= 15 is 0 Å². The molecule has 0 radical (unpaired) electrons. The number of para-hydroxylation sites is 2. The summed E-state index contributed by atoms with van der Waals surface area (Å²) in [5.41, 5.74) is 2.77. The average Bonchev–Trinajstić information content (AvgIpc) is 3.15. The van der Waals surface area contributed by atoms with E-state index in [0.717, 1.165) is 23.4 Å². The van der Waals surface area contributed by atoms with E-state index in [1.54, 1.807) is 0 Å². The Morgan fingerprint density at radius 2 is 2.05 bits per heavy atom. The number of tetrazole rings is 1. The van der Waals surface area contributed by atoms with Gasteiger partial charge in [0.1, 0.15) is 11.6 Å². The first kappa shape index (κ1) is 12.7. The molecule has 3 heterocycles. The van der Waals surface area contributed by atoms with Gasteiger partial charge in [0.2, 0.25) is 0 Å². The van der Waals surface area contributed by atoms with Gasteiger partial charge in [-0.05, 0) is 41.6 Å². The molecule has 0 unspecified atom stereocenters. The van der Waals surface area contributed by atoms with Crippen LogP contribution in [0.25, 0.3) is 16.7 Å². The normalized spacial score (nSPS) is 11.3. The largest absolute Gasteiger partial charge is 0.361 e. The van der Waals surface area contributed by atoms with Crippen molar-refractivity contribution in [3.63, 3.8) is 0 Å². The van der Waals surface area contributed by atoms with Crippen LogP contribution < -0.4 is 5.32 Å². The Morgan fingerprint density at radius 3 is 2.95 bits per heavy atom. The van der Waals surface area contributed by atoms with Crippen molar-refractivity contribution in [3.8, 4) is 0 Å². The molecule has 110 valence electrons. The van der Waals surface area contributed by atoms with Crippen LogP contribution in [0, 0.1) is 0 Å². The monoisotopic (exact) mass is 294 g/mol. The lowest BCUT2D eigenvalue weighted by Gasteiger charge is -2.07. The van der Waals surface area contributed by atoms with Crippen molar-refractivity contribution in [1.29, 1.82) is 0 Å². The summed E-state index contributed by atoms with van der Waals surface area (Å²) < 4.78 is 3.59. The topological polar surface area (TPSA) is 85.8 Å². The lowest BCUT2D eigenvalue weighted by molar-refractivity contribution is 0.716. The van der Waals surface area contributed by atoms with Gasteiger partial charge in [-0.2, -0.15) is 0 Å². The minimum atomic E-state index is 0.586. The molecule has 0 atom stereocenters. The number of anilines is 1. The molecule has 1 N–H and O–H groups in total. The Morgan fingerprint density at radius 1 is 1.14 bits per heavy atom. The summed E-state index contributed by atoms with van der Waals surface area (Å²) in [7, 11) is 0. The molecule has 0 aliphatic carbocycles. The quantitative estimate of drug-likeness (QED) is 0.614. The van der Waals surface area contributed by atoms with Gasteiger partial charge in [0.25, 0.3) is 0 Å². The van der Waals surface area contributed by atoms with Crippen LogP contribution in [0.15, 0.2) is 36.4 Å². The number of hydrogen-bond donors (Lipinski definition) is 1. The molecule has 0 fully saturated rings. The van der Waals surface area contributed by atoms with Crippen LogP contribution in [-0.2, 0) is 13.1 Å². The molecule has 1 aromatic carbocycles. The lowest BCUT2D eigenvalue weighted by Crippen LogP contribution is -2.10. The molecule has 0 spiro atoms. The zero-order valence-electron chi connectivity index (χ0n) is 12.0. The number of imidazole rings is 1. The lowest BCUT2D eigenvalue weighted by atomic mass is 10.3. The van der Waals surface area contributed by atoms with E-state index in [4.69, 9.17) is 0 Å². The predicted molar refractivity (Wildman–Crippen MR) is 81.3 cm³/mol. The van der Waals surface area contributed by atoms with Gasteiger partial charge in [0.15, 0.2) is 5.65 Å². The smallest absolute Gasteiger partial charge is 0.200 e. The van der Waals surface area contributed by atoms with Gasteiger partial charge in [-0.25, -0.2) is 4.98 Å². The zero-order chi connectivity index (χ0) is 14.9. The number of nitrogens with zero attached hydrogens (tertiary/aromatic N) is 7. The fourth-order valence-corrected chi connectivity index (χ4v) is 2.53. The maximum absolute atomic E-state index is 4.68. The second kappa shape index (κ2) is 5.06. The van der Waals surface area contributed by atoms with E-state index in [9.17, 15) is 0 Å². The third-order valence-corrected chi connectivity index (χ3v) is 3.55. The third kappa shape index (κ3) is 2.05. The fraction of sp³-hybridized carbons (Fsp3) is 0.214. The maximum Gasteiger partial charge on any atom is 0.200 e. The molecule has 22 heavy (non-hydrogen) atoms. The van der Waals surface area contributed by atoms with Crippen LogP contribution >= 0.6 is 0 Å². The van der Waals surface area contributed by atoms with Crippen LogP contribution in [0.3, 0.4) is 0 Å². The van der Waals surface area contributed by atoms with Crippen molar-refractivity contribution < 1.29 is 0 Å². The molecule has 0 amide bonds. The predicted octanol–water partition coefficient (Wildman–Crippen LogP) is 1.50. The van der Waals surface area contributed by atoms with E-state index in [-0.39, 0.29) is 0 Å². The molecule has 0 bridgehead atoms. The Bertz CT molecular complexity index is 938. The molecule has 0 saturated heterocycles. The molecule has 8 nitrogen and oxygen atoms in total. The van der Waals surface area contributed by atoms with Crippen molar-refractivity contribution in [2.45, 2.75) is 20.0 Å². The SMILES string of the molecule is CCn1c(CNc2ccc3nnnn3n2)nc2ccccc21. The zero-order valence-corrected chi connectivity index (χ0v) is 12.0. The minimum Gasteiger partial charge on any atom is -0.361 e. The summed E-state index contributed by atoms with van der Waals surface area (Å²) in [6.07, 6.45) is 0. The van der Waals surface area contributed by atoms with Crippen molar-refractivity contribution >= 4 is 22.5 Å². The summed E-state index contributed by atoms with van der Waals surface area (Å²) in [5.74, 6) is 1.68. The van der Waals surface area contributed by atoms with E-state index in [2.05, 4.69) is 48.5 Å². The Hall–Kier alpha value is -3.03. The molecule has 8 heteroatoms. The molecule has 4 rings (SSSR count). The molecule has 3 aromatic heterocycles. The van der Waals surface area contributed by atoms with Gasteiger partial charge in [0.05, 0.1) is 17.6 Å². The maximum atomic E-state index is 4.68. The van der Waals surface area contributed by atoms with Crippen LogP contribution in [-0.4, -0.2) is 34.8 Å². The van der Waals surface area contributed by atoms with Gasteiger partial charge in [-0.1, -0.05) is 12.1 Å². The number of fused-ring (bicyclic) bond motifs is 2. The van der Waals surface area contributed by atoms with E-state index < -0.39 is 0 Å². The van der Waals surface area contributed by atoms with Crippen molar-refractivity contribution in [2.75, 3.05) is 5.32 Å². The average molecular weight is 294 g/mol. The molecular formula is C14H14N8. The van der Waals surface area contributed by atoms with Gasteiger partial charge in [-0.3, -0.25) is 0 Å². The number of aryl methyl sites for hydroxylation is 1. The second-order valence-electron chi connectivity index (χ2n) is 4.86. The minimum absolute atomic E-state index is 0.586. The highest BCUT2D eigenvalue weighted by molar-refractivity contribution is 5.75. The van der Waals surface area contributed by atoms with Crippen molar-refractivity contribution in [1.82, 2.24) is 34.8 Å². The van der Waals surface area contributed by atoms with Crippen LogP contribution in [0.2, 0.25) is 0 Å². The highest BCUT2D eigenvalue weighted by Crippen LogP contribution is 2.16. The number of nitrogens with one attached hydrogen (secondary N) is 1. The summed E-state index contributed by atoms with van der Waals surface area (Å²) in [5, 5.41) is 18.7. The Labute approximate surface area is 125 Å². The van der Waals surface area contributed by atoms with E-state index in [1.165, 1.54) is 4.63 Å². The van der Waals surface area contributed by atoms with Gasteiger partial charge >= 0.3 is 0 Å². The molecule has 0 saturated carbocycles. The second-order valence-corrected chi connectivity index (χ2v) is 4.86. The van der Waals surface area contributed by atoms with E-state index in [1.807, 2.05) is 30.3 Å². The summed E-state index contributed by atoms with van der Waals surface area (Å²) in [4.78, 5) is 4.68. The first-order chi connectivity index (χ1) is 10.8. The summed E-state index contributed by atoms with van der Waals surface area (Å²) >= 11 is 0. The Balaban J connectivity index is 1.63. The third-order valence-electron chi connectivity index (χ3n) is 3.55. The molecule has 0 aliphatic heterocycles. The van der Waals surface area contributed by atoms with Gasteiger partial charge in [0, 0.05) is 6.54 Å². The Kier molecular flexibility index (Phi) is 2.92. The summed E-state index contributed by atoms with van der Waals surface area (Å²) in [6, 6.07) is 11.8. The van der Waals surface area contributed by atoms with Gasteiger partial charge in [-0.15, -0.1) is 14.8 Å². The van der Waals surface area contributed by atoms with Crippen molar-refractivity contribution in [2.24, 2.45) is 0 Å². The van der Waals surface area contributed by atoms with Crippen LogP contribution in [0.4, 0.5) is 5.82 Å². The number of rotatable bonds is 4. The number of aromatic nitrogens is 7. The first-order valence-corrected chi connectivity index (χ1v) is 7.08. The number of hydrogen-bond acceptors (Lipinski definition) is 6. The fourth-order valence-electron chi connectivity index (χ4n) is 2.53. The first-order valence-electron chi connectivity index (χ1n) is 7.08. The van der Waals surface area contributed by atoms with Crippen LogP contribution in [0.5, 0.6) is 0 Å². The highest BCUT2D eigenvalue weighted by Gasteiger charge is 2.09. The standard InChI is InChI=1S/C14H14N8/c1-2-21-11-6-4-3-5-10(11)16-14(21)9-15-12-7-8-13-17-19-20-22(13)18-12/h3-8H,2,9H2,1H3,(H,15,18). The molecule has 0 aliphatic rings. The van der Waals surface area contributed by atoms with E-state index in [0.29, 0.717) is 18.0 Å². The van der Waals surface area contributed by atoms with Gasteiger partial charge < -0.3 is 9.88 Å². The van der Waals surface area contributed by atoms with Crippen LogP contribution in [0.1, 0.15) is 12.7 Å². The molecular weight excluding hydrogens is 280 g/mol. The summed E-state index contributed by atoms with van der Waals surface area (Å²) in [6.45, 7) is 3.57.